The van der Waals surface area contributed by atoms with Crippen molar-refractivity contribution in [3.63, 3.8) is 0 Å². The fourth-order valence-electron chi connectivity index (χ4n) is 3.39. The number of halogens is 1. The smallest absolute Gasteiger partial charge is 0.269 e. The van der Waals surface area contributed by atoms with Gasteiger partial charge in [-0.1, -0.05) is 41.9 Å². The number of carbonyl (C=O) groups excluding carboxylic acids is 1. The van der Waals surface area contributed by atoms with Crippen LogP contribution in [0.3, 0.4) is 0 Å². The molecule has 1 aromatic heterocycles. The highest BCUT2D eigenvalue weighted by Crippen LogP contribution is 2.37. The molecule has 1 heterocycles. The molecule has 0 radical (unpaired) electrons. The number of aryl methyl sites for hydroxylation is 1. The lowest BCUT2D eigenvalue weighted by atomic mass is 10.1. The Balaban J connectivity index is 1.27. The SMILES string of the molecule is COc1ccc2c(Cl)c(C(=O)NC(=S)Nc3ccc(OCCCc4ccccc4)cc3)sc2c1. The Morgan fingerprint density at radius 2 is 1.76 bits per heavy atom. The Labute approximate surface area is 212 Å². The van der Waals surface area contributed by atoms with Crippen LogP contribution in [0.15, 0.2) is 72.8 Å². The van der Waals surface area contributed by atoms with Crippen LogP contribution in [0.5, 0.6) is 11.5 Å². The highest BCUT2D eigenvalue weighted by Gasteiger charge is 2.18. The normalized spacial score (nSPS) is 10.6. The van der Waals surface area contributed by atoms with Gasteiger partial charge in [-0.05, 0) is 73.1 Å². The molecule has 4 aromatic rings. The molecular formula is C26H23ClN2O3S2. The van der Waals surface area contributed by atoms with Gasteiger partial charge in [0.05, 0.1) is 18.7 Å². The Morgan fingerprint density at radius 3 is 2.50 bits per heavy atom. The van der Waals surface area contributed by atoms with Crippen molar-refractivity contribution in [3.8, 4) is 11.5 Å². The number of rotatable bonds is 8. The summed E-state index contributed by atoms with van der Waals surface area (Å²) in [4.78, 5) is 13.1. The van der Waals surface area contributed by atoms with Crippen LogP contribution in [0.4, 0.5) is 5.69 Å². The molecule has 0 saturated heterocycles. The van der Waals surface area contributed by atoms with E-state index in [4.69, 9.17) is 33.3 Å². The second kappa shape index (κ2) is 11.3. The minimum atomic E-state index is -0.360. The van der Waals surface area contributed by atoms with Crippen LogP contribution >= 0.6 is 35.2 Å². The van der Waals surface area contributed by atoms with Gasteiger partial charge in [0.25, 0.3) is 5.91 Å². The van der Waals surface area contributed by atoms with Crippen molar-refractivity contribution in [2.45, 2.75) is 12.8 Å². The number of nitrogens with one attached hydrogen (secondary N) is 2. The fourth-order valence-corrected chi connectivity index (χ4v) is 5.04. The van der Waals surface area contributed by atoms with E-state index in [9.17, 15) is 4.79 Å². The maximum Gasteiger partial charge on any atom is 0.269 e. The van der Waals surface area contributed by atoms with Crippen LogP contribution in [0.25, 0.3) is 10.1 Å². The number of methoxy groups -OCH3 is 1. The van der Waals surface area contributed by atoms with Gasteiger partial charge in [0.2, 0.25) is 0 Å². The average molecular weight is 511 g/mol. The number of ether oxygens (including phenoxy) is 2. The third kappa shape index (κ3) is 6.05. The number of thiophene rings is 1. The number of fused-ring (bicyclic) bond motifs is 1. The molecule has 0 bridgehead atoms. The molecular weight excluding hydrogens is 488 g/mol. The number of thiocarbonyl (C=S) groups is 1. The fraction of sp³-hybridized carbons (Fsp3) is 0.154. The van der Waals surface area contributed by atoms with Crippen LogP contribution in [0.2, 0.25) is 5.02 Å². The molecule has 2 N–H and O–H groups in total. The first-order valence-electron chi connectivity index (χ1n) is 10.7. The van der Waals surface area contributed by atoms with E-state index in [0.717, 1.165) is 34.4 Å². The van der Waals surface area contributed by atoms with E-state index in [1.165, 1.54) is 16.9 Å². The molecule has 3 aromatic carbocycles. The summed E-state index contributed by atoms with van der Waals surface area (Å²) in [5, 5.41) is 7.10. The second-order valence-electron chi connectivity index (χ2n) is 7.48. The summed E-state index contributed by atoms with van der Waals surface area (Å²) in [5.41, 5.74) is 2.05. The van der Waals surface area contributed by atoms with Gasteiger partial charge in [0.15, 0.2) is 5.11 Å². The van der Waals surface area contributed by atoms with Crippen LogP contribution in [0, 0.1) is 0 Å². The summed E-state index contributed by atoms with van der Waals surface area (Å²) >= 11 is 13.0. The highest BCUT2D eigenvalue weighted by atomic mass is 35.5. The molecule has 8 heteroatoms. The zero-order chi connectivity index (χ0) is 23.9. The Morgan fingerprint density at radius 1 is 1.03 bits per heavy atom. The minimum Gasteiger partial charge on any atom is -0.497 e. The number of benzene rings is 3. The lowest BCUT2D eigenvalue weighted by Crippen LogP contribution is -2.33. The van der Waals surface area contributed by atoms with Crippen LogP contribution in [-0.4, -0.2) is 24.7 Å². The third-order valence-electron chi connectivity index (χ3n) is 5.10. The van der Waals surface area contributed by atoms with Gasteiger partial charge in [-0.15, -0.1) is 11.3 Å². The number of hydrogen-bond acceptors (Lipinski definition) is 5. The summed E-state index contributed by atoms with van der Waals surface area (Å²) in [6.07, 6.45) is 1.92. The van der Waals surface area contributed by atoms with Gasteiger partial charge >= 0.3 is 0 Å². The Kier molecular flexibility index (Phi) is 8.00. The van der Waals surface area contributed by atoms with Crippen molar-refractivity contribution in [2.75, 3.05) is 19.0 Å². The first-order valence-corrected chi connectivity index (χ1v) is 12.3. The number of anilines is 1. The van der Waals surface area contributed by atoms with Crippen molar-refractivity contribution in [2.24, 2.45) is 0 Å². The van der Waals surface area contributed by atoms with E-state index in [-0.39, 0.29) is 11.0 Å². The lowest BCUT2D eigenvalue weighted by Gasteiger charge is -2.10. The summed E-state index contributed by atoms with van der Waals surface area (Å²) < 4.78 is 11.9. The zero-order valence-corrected chi connectivity index (χ0v) is 20.9. The predicted octanol–water partition coefficient (Wildman–Crippen LogP) is 6.70. The summed E-state index contributed by atoms with van der Waals surface area (Å²) in [6, 6.07) is 23.3. The molecule has 5 nitrogen and oxygen atoms in total. The molecule has 174 valence electrons. The van der Waals surface area contributed by atoms with Gasteiger partial charge in [-0.2, -0.15) is 0 Å². The van der Waals surface area contributed by atoms with E-state index in [1.54, 1.807) is 7.11 Å². The topological polar surface area (TPSA) is 59.6 Å². The van der Waals surface area contributed by atoms with Gasteiger partial charge in [0.1, 0.15) is 16.4 Å². The molecule has 0 aliphatic heterocycles. The second-order valence-corrected chi connectivity index (χ2v) is 9.32. The monoisotopic (exact) mass is 510 g/mol. The van der Waals surface area contributed by atoms with Crippen molar-refractivity contribution in [1.82, 2.24) is 5.32 Å². The molecule has 0 atom stereocenters. The minimum absolute atomic E-state index is 0.188. The number of amides is 1. The quantitative estimate of drug-likeness (QED) is 0.204. The molecule has 0 spiro atoms. The molecule has 0 saturated carbocycles. The van der Waals surface area contributed by atoms with E-state index >= 15 is 0 Å². The Bertz CT molecular complexity index is 1290. The van der Waals surface area contributed by atoms with E-state index < -0.39 is 0 Å². The van der Waals surface area contributed by atoms with Crippen LogP contribution in [-0.2, 0) is 6.42 Å². The standard InChI is InChI=1S/C26H23ClN2O3S2/c1-31-20-13-14-21-22(16-20)34-24(23(21)27)25(30)29-26(33)28-18-9-11-19(12-10-18)32-15-5-8-17-6-3-2-4-7-17/h2-4,6-7,9-14,16H,5,8,15H2,1H3,(H2,28,29,30,33). The molecule has 4 rings (SSSR count). The van der Waals surface area contributed by atoms with Gasteiger partial charge in [-0.3, -0.25) is 10.1 Å². The average Bonchev–Trinajstić information content (AvgIpc) is 3.19. The van der Waals surface area contributed by atoms with Crippen LogP contribution < -0.4 is 20.1 Å². The first kappa shape index (κ1) is 24.0. The molecule has 0 aliphatic rings. The van der Waals surface area contributed by atoms with Crippen LogP contribution in [0.1, 0.15) is 21.7 Å². The van der Waals surface area contributed by atoms with E-state index in [2.05, 4.69) is 22.8 Å². The van der Waals surface area contributed by atoms with Gasteiger partial charge in [0, 0.05) is 15.8 Å². The number of carbonyl (C=O) groups is 1. The summed E-state index contributed by atoms with van der Waals surface area (Å²) in [6.45, 7) is 0.637. The summed E-state index contributed by atoms with van der Waals surface area (Å²) in [5.74, 6) is 1.13. The highest BCUT2D eigenvalue weighted by molar-refractivity contribution is 7.80. The largest absolute Gasteiger partial charge is 0.497 e. The van der Waals surface area contributed by atoms with Gasteiger partial charge in [-0.25, -0.2) is 0 Å². The van der Waals surface area contributed by atoms with Crippen molar-refractivity contribution in [3.05, 3.63) is 88.3 Å². The molecule has 34 heavy (non-hydrogen) atoms. The van der Waals surface area contributed by atoms with E-state index in [1.807, 2.05) is 60.7 Å². The predicted molar refractivity (Wildman–Crippen MR) is 144 cm³/mol. The molecule has 0 unspecified atom stereocenters. The molecule has 0 aliphatic carbocycles. The third-order valence-corrected chi connectivity index (χ3v) is 6.96. The van der Waals surface area contributed by atoms with Crippen molar-refractivity contribution < 1.29 is 14.3 Å². The van der Waals surface area contributed by atoms with Gasteiger partial charge < -0.3 is 14.8 Å². The van der Waals surface area contributed by atoms with Crippen molar-refractivity contribution in [1.29, 1.82) is 0 Å². The summed E-state index contributed by atoms with van der Waals surface area (Å²) in [7, 11) is 1.60. The zero-order valence-electron chi connectivity index (χ0n) is 18.5. The molecule has 1 amide bonds. The van der Waals surface area contributed by atoms with E-state index in [0.29, 0.717) is 22.3 Å². The number of hydrogen-bond donors (Lipinski definition) is 2. The Hall–Kier alpha value is -3.13. The maximum atomic E-state index is 12.7. The lowest BCUT2D eigenvalue weighted by molar-refractivity contribution is 0.0982. The maximum absolute atomic E-state index is 12.7. The first-order chi connectivity index (χ1) is 16.5. The van der Waals surface area contributed by atoms with Crippen molar-refractivity contribution >= 4 is 61.9 Å². The molecule has 0 fully saturated rings.